The first kappa shape index (κ1) is 19.1. The molecule has 7 heteroatoms. The average molecular weight is 398 g/mol. The molecule has 6 nitrogen and oxygen atoms in total. The molecule has 0 unspecified atom stereocenters. The maximum absolute atomic E-state index is 12.9. The second-order valence-electron chi connectivity index (χ2n) is 7.79. The van der Waals surface area contributed by atoms with Crippen molar-refractivity contribution in [1.82, 2.24) is 24.8 Å². The molecule has 28 heavy (non-hydrogen) atoms. The van der Waals surface area contributed by atoms with E-state index in [-0.39, 0.29) is 11.9 Å². The molecule has 4 rings (SSSR count). The third kappa shape index (κ3) is 3.82. The number of hydrogen-bond acceptors (Lipinski definition) is 5. The van der Waals surface area contributed by atoms with Gasteiger partial charge in [-0.2, -0.15) is 5.10 Å². The van der Waals surface area contributed by atoms with Gasteiger partial charge in [0.25, 0.3) is 5.91 Å². The zero-order chi connectivity index (χ0) is 19.7. The van der Waals surface area contributed by atoms with Crippen molar-refractivity contribution >= 4 is 22.9 Å². The maximum Gasteiger partial charge on any atom is 0.256 e. The molecule has 0 aliphatic carbocycles. The van der Waals surface area contributed by atoms with Crippen LogP contribution >= 0.6 is 11.3 Å². The van der Waals surface area contributed by atoms with Gasteiger partial charge in [0.15, 0.2) is 5.65 Å². The van der Waals surface area contributed by atoms with Crippen LogP contribution in [-0.4, -0.2) is 45.0 Å². The Hall–Kier alpha value is -2.25. The molecule has 1 N–H and O–H groups in total. The number of rotatable bonds is 5. The van der Waals surface area contributed by atoms with Crippen LogP contribution in [0.2, 0.25) is 0 Å². The van der Waals surface area contributed by atoms with Crippen LogP contribution < -0.4 is 5.32 Å². The maximum atomic E-state index is 12.9. The summed E-state index contributed by atoms with van der Waals surface area (Å²) in [6.07, 6.45) is 4.05. The van der Waals surface area contributed by atoms with Crippen LogP contribution in [-0.2, 0) is 0 Å². The summed E-state index contributed by atoms with van der Waals surface area (Å²) in [5.74, 6) is 0.672. The van der Waals surface area contributed by atoms with Gasteiger partial charge in [-0.15, -0.1) is 11.3 Å². The fraction of sp³-hybridized carbons (Fsp3) is 0.476. The number of thiophene rings is 1. The summed E-state index contributed by atoms with van der Waals surface area (Å²) in [4.78, 5) is 21.3. The average Bonchev–Trinajstić information content (AvgIpc) is 3.33. The van der Waals surface area contributed by atoms with Crippen LogP contribution in [0.5, 0.6) is 0 Å². The van der Waals surface area contributed by atoms with Gasteiger partial charge in [0, 0.05) is 22.8 Å². The predicted octanol–water partition coefficient (Wildman–Crippen LogP) is 3.61. The van der Waals surface area contributed by atoms with E-state index < -0.39 is 0 Å². The molecule has 1 aliphatic rings. The Morgan fingerprint density at radius 1 is 1.36 bits per heavy atom. The van der Waals surface area contributed by atoms with E-state index in [1.165, 1.54) is 17.7 Å². The first-order valence-electron chi connectivity index (χ1n) is 9.90. The number of piperidine rings is 1. The van der Waals surface area contributed by atoms with Gasteiger partial charge >= 0.3 is 0 Å². The Morgan fingerprint density at radius 2 is 2.14 bits per heavy atom. The van der Waals surface area contributed by atoms with E-state index in [0.29, 0.717) is 17.8 Å². The number of fused-ring (bicyclic) bond motifs is 1. The highest BCUT2D eigenvalue weighted by Gasteiger charge is 2.26. The topological polar surface area (TPSA) is 62.5 Å². The lowest BCUT2D eigenvalue weighted by molar-refractivity contribution is 0.0916. The summed E-state index contributed by atoms with van der Waals surface area (Å²) in [6, 6.07) is 6.44. The van der Waals surface area contributed by atoms with Crippen molar-refractivity contribution < 1.29 is 4.79 Å². The highest BCUT2D eigenvalue weighted by Crippen LogP contribution is 2.29. The number of aryl methyl sites for hydroxylation is 2. The van der Waals surface area contributed by atoms with Crippen LogP contribution in [0.15, 0.2) is 29.8 Å². The van der Waals surface area contributed by atoms with Gasteiger partial charge in [-0.05, 0) is 63.2 Å². The predicted molar refractivity (Wildman–Crippen MR) is 112 cm³/mol. The van der Waals surface area contributed by atoms with E-state index in [1.807, 2.05) is 19.9 Å². The standard InChI is InChI=1S/C21H27N5OS/c1-14-6-8-25(9-7-14)18(19-5-4-10-28-19)13-22-21(27)17-12-23-26-16(3)11-15(2)24-20(17)26/h4-5,10-12,14,18H,6-9,13H2,1-3H3,(H,22,27)/t18-/m1/s1. The lowest BCUT2D eigenvalue weighted by atomic mass is 9.97. The number of nitrogens with one attached hydrogen (secondary N) is 1. The SMILES string of the molecule is Cc1cc(C)n2ncc(C(=O)NC[C@H](c3cccs3)N3CCC(C)CC3)c2n1. The normalized spacial score (nSPS) is 17.1. The van der Waals surface area contributed by atoms with E-state index in [0.717, 1.165) is 30.4 Å². The number of carbonyl (C=O) groups excluding carboxylic acids is 1. The smallest absolute Gasteiger partial charge is 0.256 e. The Bertz CT molecular complexity index is 957. The molecule has 148 valence electrons. The molecule has 1 fully saturated rings. The van der Waals surface area contributed by atoms with Gasteiger partial charge in [0.2, 0.25) is 0 Å². The summed E-state index contributed by atoms with van der Waals surface area (Å²) in [5.41, 5.74) is 3.01. The molecule has 0 radical (unpaired) electrons. The third-order valence-electron chi connectivity index (χ3n) is 5.61. The number of aromatic nitrogens is 3. The van der Waals surface area contributed by atoms with Gasteiger partial charge in [0.1, 0.15) is 5.56 Å². The lowest BCUT2D eigenvalue weighted by Gasteiger charge is -2.36. The minimum Gasteiger partial charge on any atom is -0.350 e. The fourth-order valence-corrected chi connectivity index (χ4v) is 4.81. The second kappa shape index (κ2) is 8.01. The highest BCUT2D eigenvalue weighted by atomic mass is 32.1. The summed E-state index contributed by atoms with van der Waals surface area (Å²) >= 11 is 1.76. The van der Waals surface area contributed by atoms with Crippen LogP contribution in [0, 0.1) is 19.8 Å². The van der Waals surface area contributed by atoms with Gasteiger partial charge in [-0.3, -0.25) is 9.69 Å². The van der Waals surface area contributed by atoms with E-state index in [9.17, 15) is 4.79 Å². The number of amides is 1. The minimum atomic E-state index is -0.112. The minimum absolute atomic E-state index is 0.112. The molecule has 0 bridgehead atoms. The van der Waals surface area contributed by atoms with Gasteiger partial charge in [-0.1, -0.05) is 13.0 Å². The van der Waals surface area contributed by atoms with Crippen molar-refractivity contribution in [1.29, 1.82) is 0 Å². The van der Waals surface area contributed by atoms with Gasteiger partial charge < -0.3 is 5.32 Å². The van der Waals surface area contributed by atoms with Crippen molar-refractivity contribution in [2.24, 2.45) is 5.92 Å². The van der Waals surface area contributed by atoms with Crippen LogP contribution in [0.4, 0.5) is 0 Å². The monoisotopic (exact) mass is 397 g/mol. The van der Waals surface area contributed by atoms with Crippen molar-refractivity contribution in [2.75, 3.05) is 19.6 Å². The largest absolute Gasteiger partial charge is 0.350 e. The molecule has 0 spiro atoms. The van der Waals surface area contributed by atoms with Gasteiger partial charge in [0.05, 0.1) is 12.2 Å². The van der Waals surface area contributed by atoms with Crippen molar-refractivity contribution in [3.05, 3.63) is 51.6 Å². The summed E-state index contributed by atoms with van der Waals surface area (Å²) in [5, 5.41) is 9.59. The molecule has 1 saturated heterocycles. The van der Waals surface area contributed by atoms with Crippen LogP contribution in [0.3, 0.4) is 0 Å². The zero-order valence-electron chi connectivity index (χ0n) is 16.7. The second-order valence-corrected chi connectivity index (χ2v) is 8.77. The molecule has 3 aromatic heterocycles. The lowest BCUT2D eigenvalue weighted by Crippen LogP contribution is -2.41. The molecule has 1 atom stereocenters. The number of nitrogens with zero attached hydrogens (tertiary/aromatic N) is 4. The molecule has 0 saturated carbocycles. The quantitative estimate of drug-likeness (QED) is 0.714. The summed E-state index contributed by atoms with van der Waals surface area (Å²) in [7, 11) is 0. The molecular formula is C21H27N5OS. The molecular weight excluding hydrogens is 370 g/mol. The third-order valence-corrected chi connectivity index (χ3v) is 6.58. The highest BCUT2D eigenvalue weighted by molar-refractivity contribution is 7.10. The van der Waals surface area contributed by atoms with E-state index in [4.69, 9.17) is 0 Å². The zero-order valence-corrected chi connectivity index (χ0v) is 17.5. The number of carbonyl (C=O) groups is 1. The Labute approximate surface area is 169 Å². The van der Waals surface area contributed by atoms with Crippen LogP contribution in [0.1, 0.15) is 52.4 Å². The van der Waals surface area contributed by atoms with Crippen molar-refractivity contribution in [3.8, 4) is 0 Å². The van der Waals surface area contributed by atoms with E-state index in [2.05, 4.69) is 44.7 Å². The Kier molecular flexibility index (Phi) is 5.46. The van der Waals surface area contributed by atoms with Crippen molar-refractivity contribution in [2.45, 2.75) is 39.7 Å². The van der Waals surface area contributed by atoms with Crippen molar-refractivity contribution in [3.63, 3.8) is 0 Å². The van der Waals surface area contributed by atoms with E-state index in [1.54, 1.807) is 22.0 Å². The van der Waals surface area contributed by atoms with E-state index >= 15 is 0 Å². The molecule has 3 aromatic rings. The Morgan fingerprint density at radius 3 is 2.86 bits per heavy atom. The first-order chi connectivity index (χ1) is 13.5. The summed E-state index contributed by atoms with van der Waals surface area (Å²) < 4.78 is 1.73. The fourth-order valence-electron chi connectivity index (χ4n) is 3.95. The first-order valence-corrected chi connectivity index (χ1v) is 10.8. The molecule has 0 aromatic carbocycles. The molecule has 1 aliphatic heterocycles. The Balaban J connectivity index is 1.52. The number of likely N-dealkylation sites (tertiary alicyclic amines) is 1. The molecule has 4 heterocycles. The van der Waals surface area contributed by atoms with Gasteiger partial charge in [-0.25, -0.2) is 9.50 Å². The number of hydrogen-bond donors (Lipinski definition) is 1. The van der Waals surface area contributed by atoms with Crippen LogP contribution in [0.25, 0.3) is 5.65 Å². The molecule has 1 amide bonds. The summed E-state index contributed by atoms with van der Waals surface area (Å²) in [6.45, 7) is 8.98.